The van der Waals surface area contributed by atoms with Gasteiger partial charge >= 0.3 is 0 Å². The van der Waals surface area contributed by atoms with Crippen LogP contribution in [0.15, 0.2) is 108 Å². The van der Waals surface area contributed by atoms with Crippen molar-refractivity contribution in [2.24, 2.45) is 5.73 Å². The Hall–Kier alpha value is -4.36. The van der Waals surface area contributed by atoms with Gasteiger partial charge in [-0.1, -0.05) is 54.6 Å². The van der Waals surface area contributed by atoms with Crippen molar-refractivity contribution in [3.05, 3.63) is 125 Å². The highest BCUT2D eigenvalue weighted by Crippen LogP contribution is 2.37. The van der Waals surface area contributed by atoms with Crippen LogP contribution in [-0.2, 0) is 4.79 Å². The van der Waals surface area contributed by atoms with Gasteiger partial charge in [0.15, 0.2) is 0 Å². The van der Waals surface area contributed by atoms with Gasteiger partial charge in [-0.2, -0.15) is 0 Å². The molecule has 180 valence electrons. The van der Waals surface area contributed by atoms with Crippen LogP contribution < -0.4 is 16.4 Å². The molecule has 1 unspecified atom stereocenters. The fraction of sp³-hybridized carbons (Fsp3) is 0.0690. The number of thioether (sulfide) groups is 1. The molecule has 4 aromatic rings. The molecule has 36 heavy (non-hydrogen) atoms. The van der Waals surface area contributed by atoms with Gasteiger partial charge in [0.05, 0.1) is 0 Å². The van der Waals surface area contributed by atoms with E-state index in [1.807, 2.05) is 79.7 Å². The van der Waals surface area contributed by atoms with Crippen LogP contribution in [-0.4, -0.2) is 17.7 Å². The van der Waals surface area contributed by atoms with Gasteiger partial charge in [0, 0.05) is 27.4 Å². The monoisotopic (exact) mass is 495 g/mol. The van der Waals surface area contributed by atoms with Crippen LogP contribution in [0.25, 0.3) is 0 Å². The number of amides is 3. The van der Waals surface area contributed by atoms with Crippen LogP contribution in [0.2, 0.25) is 0 Å². The molecule has 4 aromatic carbocycles. The summed E-state index contributed by atoms with van der Waals surface area (Å²) in [6.07, 6.45) is 0. The highest BCUT2D eigenvalue weighted by molar-refractivity contribution is 8.00. The lowest BCUT2D eigenvalue weighted by Gasteiger charge is -2.18. The zero-order valence-corrected chi connectivity index (χ0v) is 20.4. The zero-order chi connectivity index (χ0) is 25.5. The molecule has 0 radical (unpaired) electrons. The summed E-state index contributed by atoms with van der Waals surface area (Å²) in [5.41, 5.74) is 9.21. The Morgan fingerprint density at radius 1 is 0.750 bits per heavy atom. The molecule has 0 saturated heterocycles. The van der Waals surface area contributed by atoms with Gasteiger partial charge in [0.1, 0.15) is 5.25 Å². The van der Waals surface area contributed by atoms with Crippen molar-refractivity contribution in [3.63, 3.8) is 0 Å². The summed E-state index contributed by atoms with van der Waals surface area (Å²) in [5, 5.41) is 5.31. The molecule has 1 atom stereocenters. The van der Waals surface area contributed by atoms with Gasteiger partial charge in [-0.3, -0.25) is 14.4 Å². The summed E-state index contributed by atoms with van der Waals surface area (Å²) in [7, 11) is 0. The van der Waals surface area contributed by atoms with Gasteiger partial charge < -0.3 is 16.4 Å². The number of rotatable bonds is 8. The Bertz CT molecular complexity index is 1390. The normalized spacial score (nSPS) is 11.4. The predicted octanol–water partition coefficient (Wildman–Crippen LogP) is 5.82. The molecular formula is C29H25N3O3S. The number of primary amides is 1. The molecule has 4 N–H and O–H groups in total. The van der Waals surface area contributed by atoms with Crippen molar-refractivity contribution >= 4 is 40.9 Å². The molecule has 6 nitrogen and oxygen atoms in total. The molecule has 0 aliphatic rings. The first-order valence-electron chi connectivity index (χ1n) is 11.3. The first-order valence-corrected chi connectivity index (χ1v) is 12.2. The Morgan fingerprint density at radius 3 is 2.14 bits per heavy atom. The summed E-state index contributed by atoms with van der Waals surface area (Å²) in [6, 6.07) is 30.7. The van der Waals surface area contributed by atoms with Crippen molar-refractivity contribution in [3.8, 4) is 0 Å². The molecule has 7 heteroatoms. The lowest BCUT2D eigenvalue weighted by Crippen LogP contribution is -2.19. The lowest BCUT2D eigenvalue weighted by atomic mass is 10.1. The number of anilines is 2. The number of carbonyl (C=O) groups excluding carboxylic acids is 3. The number of nitrogens with one attached hydrogen (secondary N) is 2. The minimum absolute atomic E-state index is 0.188. The van der Waals surface area contributed by atoms with Gasteiger partial charge in [0.2, 0.25) is 11.8 Å². The van der Waals surface area contributed by atoms with E-state index in [1.165, 1.54) is 11.8 Å². The number of carbonyl (C=O) groups is 3. The average molecular weight is 496 g/mol. The molecule has 0 fully saturated rings. The maximum atomic E-state index is 13.3. The first-order chi connectivity index (χ1) is 17.4. The van der Waals surface area contributed by atoms with Crippen LogP contribution >= 0.6 is 11.8 Å². The Morgan fingerprint density at radius 2 is 1.44 bits per heavy atom. The molecule has 0 heterocycles. The van der Waals surface area contributed by atoms with Crippen LogP contribution in [0.3, 0.4) is 0 Å². The molecule has 0 aromatic heterocycles. The number of hydrogen-bond acceptors (Lipinski definition) is 4. The summed E-state index contributed by atoms with van der Waals surface area (Å²) in [6.45, 7) is 1.89. The highest BCUT2D eigenvalue weighted by atomic mass is 32.2. The van der Waals surface area contributed by atoms with Crippen LogP contribution in [0.4, 0.5) is 11.4 Å². The molecule has 0 bridgehead atoms. The predicted molar refractivity (Wildman–Crippen MR) is 144 cm³/mol. The third kappa shape index (κ3) is 6.20. The van der Waals surface area contributed by atoms with Crippen LogP contribution in [0.1, 0.15) is 37.1 Å². The van der Waals surface area contributed by atoms with E-state index in [-0.39, 0.29) is 11.8 Å². The van der Waals surface area contributed by atoms with Gasteiger partial charge in [-0.05, 0) is 66.6 Å². The van der Waals surface area contributed by atoms with Crippen molar-refractivity contribution in [2.75, 3.05) is 10.6 Å². The summed E-state index contributed by atoms with van der Waals surface area (Å²) >= 11 is 1.38. The summed E-state index contributed by atoms with van der Waals surface area (Å²) in [4.78, 5) is 38.2. The number of benzene rings is 4. The molecular weight excluding hydrogens is 470 g/mol. The highest BCUT2D eigenvalue weighted by Gasteiger charge is 2.22. The van der Waals surface area contributed by atoms with E-state index < -0.39 is 11.2 Å². The van der Waals surface area contributed by atoms with E-state index in [0.29, 0.717) is 22.5 Å². The quantitative estimate of drug-likeness (QED) is 0.268. The first kappa shape index (κ1) is 24.8. The van der Waals surface area contributed by atoms with E-state index in [1.54, 1.807) is 30.3 Å². The standard InChI is InChI=1S/C29H25N3O3S/c1-19-8-5-6-13-25(19)28(34)32-23-11-7-12-24(18-23)36-26(20-9-3-2-4-10-20)29(35)31-22-16-14-21(15-17-22)27(30)33/h2-18,26H,1H3,(H2,30,33)(H,31,35)(H,32,34). The van der Waals surface area contributed by atoms with Gasteiger partial charge in [-0.15, -0.1) is 11.8 Å². The maximum absolute atomic E-state index is 13.3. The number of hydrogen-bond donors (Lipinski definition) is 3. The van der Waals surface area contributed by atoms with Crippen LogP contribution in [0, 0.1) is 6.92 Å². The minimum Gasteiger partial charge on any atom is -0.366 e. The van der Waals surface area contributed by atoms with Crippen molar-refractivity contribution in [2.45, 2.75) is 17.1 Å². The van der Waals surface area contributed by atoms with Crippen molar-refractivity contribution in [1.29, 1.82) is 0 Å². The molecule has 4 rings (SSSR count). The fourth-order valence-corrected chi connectivity index (χ4v) is 4.72. The fourth-order valence-electron chi connectivity index (χ4n) is 3.64. The average Bonchev–Trinajstić information content (AvgIpc) is 2.88. The molecule has 0 aliphatic heterocycles. The van der Waals surface area contributed by atoms with E-state index in [9.17, 15) is 14.4 Å². The van der Waals surface area contributed by atoms with E-state index in [4.69, 9.17) is 5.73 Å². The molecule has 3 amide bonds. The molecule has 0 aliphatic carbocycles. The molecule has 0 spiro atoms. The second kappa shape index (κ2) is 11.4. The van der Waals surface area contributed by atoms with E-state index in [2.05, 4.69) is 10.6 Å². The Labute approximate surface area is 213 Å². The lowest BCUT2D eigenvalue weighted by molar-refractivity contribution is -0.115. The van der Waals surface area contributed by atoms with Crippen LogP contribution in [0.5, 0.6) is 0 Å². The van der Waals surface area contributed by atoms with Crippen molar-refractivity contribution in [1.82, 2.24) is 0 Å². The minimum atomic E-state index is -0.552. The smallest absolute Gasteiger partial charge is 0.255 e. The summed E-state index contributed by atoms with van der Waals surface area (Å²) < 4.78 is 0. The van der Waals surface area contributed by atoms with E-state index in [0.717, 1.165) is 16.0 Å². The van der Waals surface area contributed by atoms with Crippen molar-refractivity contribution < 1.29 is 14.4 Å². The van der Waals surface area contributed by atoms with Gasteiger partial charge in [-0.25, -0.2) is 0 Å². The number of nitrogens with two attached hydrogens (primary N) is 1. The maximum Gasteiger partial charge on any atom is 0.255 e. The zero-order valence-electron chi connectivity index (χ0n) is 19.6. The Kier molecular flexibility index (Phi) is 7.82. The Balaban J connectivity index is 1.54. The number of aryl methyl sites for hydroxylation is 1. The molecule has 0 saturated carbocycles. The second-order valence-corrected chi connectivity index (χ2v) is 9.31. The second-order valence-electron chi connectivity index (χ2n) is 8.14. The third-order valence-corrected chi connectivity index (χ3v) is 6.76. The third-order valence-electron chi connectivity index (χ3n) is 5.51. The summed E-state index contributed by atoms with van der Waals surface area (Å²) in [5.74, 6) is -0.931. The largest absolute Gasteiger partial charge is 0.366 e. The topological polar surface area (TPSA) is 101 Å². The van der Waals surface area contributed by atoms with Gasteiger partial charge in [0.25, 0.3) is 5.91 Å². The SMILES string of the molecule is Cc1ccccc1C(=O)Nc1cccc(SC(C(=O)Nc2ccc(C(N)=O)cc2)c2ccccc2)c1. The van der Waals surface area contributed by atoms with E-state index >= 15 is 0 Å².